The Balaban J connectivity index is 2.51. The second-order valence-electron chi connectivity index (χ2n) is 4.85. The molecule has 3 nitrogen and oxygen atoms in total. The van der Waals surface area contributed by atoms with Crippen LogP contribution in [-0.4, -0.2) is 26.5 Å². The molecule has 1 saturated heterocycles. The number of piperidine rings is 1. The van der Waals surface area contributed by atoms with Crippen molar-refractivity contribution in [1.29, 1.82) is 0 Å². The molecule has 0 radical (unpaired) electrons. The fraction of sp³-hybridized carbons (Fsp3) is 0.500. The number of rotatable bonds is 3. The molecular weight excluding hydrogens is 214 g/mol. The van der Waals surface area contributed by atoms with Gasteiger partial charge in [-0.25, -0.2) is 0 Å². The largest absolute Gasteiger partial charge is 0.496 e. The summed E-state index contributed by atoms with van der Waals surface area (Å²) in [5, 5.41) is 3.36. The Morgan fingerprint density at radius 1 is 1.35 bits per heavy atom. The molecule has 1 aliphatic rings. The highest BCUT2D eigenvalue weighted by atomic mass is 16.5. The van der Waals surface area contributed by atoms with E-state index in [1.807, 2.05) is 18.2 Å². The van der Waals surface area contributed by atoms with E-state index in [0.717, 1.165) is 49.1 Å². The van der Waals surface area contributed by atoms with Crippen LogP contribution < -0.4 is 10.1 Å². The van der Waals surface area contributed by atoms with Crippen LogP contribution in [0.15, 0.2) is 18.2 Å². The summed E-state index contributed by atoms with van der Waals surface area (Å²) in [5.41, 5.74) is 1.86. The molecule has 0 amide bonds. The average Bonchev–Trinajstić information content (AvgIpc) is 2.38. The monoisotopic (exact) mass is 233 g/mol. The summed E-state index contributed by atoms with van der Waals surface area (Å²) in [6.07, 6.45) is 3.01. The van der Waals surface area contributed by atoms with Gasteiger partial charge in [-0.15, -0.1) is 0 Å². The molecule has 17 heavy (non-hydrogen) atoms. The van der Waals surface area contributed by atoms with Gasteiger partial charge in [0.2, 0.25) is 0 Å². The Kier molecular flexibility index (Phi) is 3.48. The summed E-state index contributed by atoms with van der Waals surface area (Å²) < 4.78 is 5.43. The predicted octanol–water partition coefficient (Wildman–Crippen LogP) is 2.15. The molecule has 3 heteroatoms. The Hall–Kier alpha value is -1.35. The van der Waals surface area contributed by atoms with Crippen molar-refractivity contribution in [3.8, 4) is 5.75 Å². The third-order valence-electron chi connectivity index (χ3n) is 3.72. The third kappa shape index (κ3) is 2.20. The number of aldehydes is 1. The predicted molar refractivity (Wildman–Crippen MR) is 67.8 cm³/mol. The van der Waals surface area contributed by atoms with Crippen LogP contribution in [0.4, 0.5) is 0 Å². The standard InChI is InChI=1S/C14H19NO2/c1-14(6-8-15-9-7-14)13-11(10-16)4-3-5-12(13)17-2/h3-5,10,15H,6-9H2,1-2H3. The lowest BCUT2D eigenvalue weighted by Crippen LogP contribution is -2.38. The lowest BCUT2D eigenvalue weighted by atomic mass is 9.73. The number of benzene rings is 1. The van der Waals surface area contributed by atoms with Crippen LogP contribution in [-0.2, 0) is 5.41 Å². The van der Waals surface area contributed by atoms with Gasteiger partial charge in [0.25, 0.3) is 0 Å². The molecule has 0 spiro atoms. The number of nitrogens with one attached hydrogen (secondary N) is 1. The first-order valence-electron chi connectivity index (χ1n) is 6.04. The van der Waals surface area contributed by atoms with E-state index < -0.39 is 0 Å². The fourth-order valence-electron chi connectivity index (χ4n) is 2.69. The second-order valence-corrected chi connectivity index (χ2v) is 4.85. The minimum atomic E-state index is 0.0358. The normalized spacial score (nSPS) is 18.7. The first-order chi connectivity index (χ1) is 8.21. The van der Waals surface area contributed by atoms with Crippen molar-refractivity contribution in [2.24, 2.45) is 0 Å². The van der Waals surface area contributed by atoms with Gasteiger partial charge < -0.3 is 10.1 Å². The van der Waals surface area contributed by atoms with Crippen LogP contribution in [0.5, 0.6) is 5.75 Å². The van der Waals surface area contributed by atoms with E-state index in [4.69, 9.17) is 4.74 Å². The maximum atomic E-state index is 11.2. The van der Waals surface area contributed by atoms with Gasteiger partial charge in [0.1, 0.15) is 12.0 Å². The lowest BCUT2D eigenvalue weighted by Gasteiger charge is -2.36. The van der Waals surface area contributed by atoms with Crippen LogP contribution in [0.2, 0.25) is 0 Å². The highest BCUT2D eigenvalue weighted by molar-refractivity contribution is 5.79. The Morgan fingerprint density at radius 2 is 2.06 bits per heavy atom. The molecule has 1 aromatic carbocycles. The van der Waals surface area contributed by atoms with Crippen molar-refractivity contribution in [2.45, 2.75) is 25.2 Å². The highest BCUT2D eigenvalue weighted by Crippen LogP contribution is 2.40. The third-order valence-corrected chi connectivity index (χ3v) is 3.72. The number of carbonyl (C=O) groups is 1. The van der Waals surface area contributed by atoms with E-state index >= 15 is 0 Å². The lowest BCUT2D eigenvalue weighted by molar-refractivity contribution is 0.111. The van der Waals surface area contributed by atoms with Gasteiger partial charge in [-0.1, -0.05) is 19.1 Å². The van der Waals surface area contributed by atoms with Crippen molar-refractivity contribution in [1.82, 2.24) is 5.32 Å². The van der Waals surface area contributed by atoms with Gasteiger partial charge in [-0.05, 0) is 37.4 Å². The minimum absolute atomic E-state index is 0.0358. The van der Waals surface area contributed by atoms with Crippen LogP contribution >= 0.6 is 0 Å². The molecule has 0 bridgehead atoms. The molecule has 1 aromatic rings. The van der Waals surface area contributed by atoms with Crippen molar-refractivity contribution in [2.75, 3.05) is 20.2 Å². The summed E-state index contributed by atoms with van der Waals surface area (Å²) in [6, 6.07) is 5.68. The first kappa shape index (κ1) is 12.1. The van der Waals surface area contributed by atoms with E-state index in [-0.39, 0.29) is 5.41 Å². The average molecular weight is 233 g/mol. The van der Waals surface area contributed by atoms with Gasteiger partial charge in [-0.3, -0.25) is 4.79 Å². The van der Waals surface area contributed by atoms with E-state index in [0.29, 0.717) is 0 Å². The van der Waals surface area contributed by atoms with Crippen molar-refractivity contribution in [3.63, 3.8) is 0 Å². The van der Waals surface area contributed by atoms with E-state index in [1.54, 1.807) is 7.11 Å². The summed E-state index contributed by atoms with van der Waals surface area (Å²) in [6.45, 7) is 4.21. The van der Waals surface area contributed by atoms with Crippen molar-refractivity contribution < 1.29 is 9.53 Å². The molecule has 1 heterocycles. The number of hydrogen-bond acceptors (Lipinski definition) is 3. The summed E-state index contributed by atoms with van der Waals surface area (Å²) in [4.78, 5) is 11.2. The van der Waals surface area contributed by atoms with E-state index in [1.165, 1.54) is 0 Å². The molecule has 0 saturated carbocycles. The van der Waals surface area contributed by atoms with Crippen molar-refractivity contribution in [3.05, 3.63) is 29.3 Å². The maximum absolute atomic E-state index is 11.2. The molecular formula is C14H19NO2. The van der Waals surface area contributed by atoms with Crippen LogP contribution in [0, 0.1) is 0 Å². The molecule has 1 N–H and O–H groups in total. The van der Waals surface area contributed by atoms with Gasteiger partial charge in [0, 0.05) is 11.1 Å². The van der Waals surface area contributed by atoms with Gasteiger partial charge in [-0.2, -0.15) is 0 Å². The number of hydrogen-bond donors (Lipinski definition) is 1. The maximum Gasteiger partial charge on any atom is 0.150 e. The molecule has 0 unspecified atom stereocenters. The quantitative estimate of drug-likeness (QED) is 0.813. The highest BCUT2D eigenvalue weighted by Gasteiger charge is 2.33. The molecule has 0 atom stereocenters. The SMILES string of the molecule is COc1cccc(C=O)c1C1(C)CCNCC1. The van der Waals surface area contributed by atoms with Gasteiger partial charge in [0.15, 0.2) is 0 Å². The molecule has 0 aromatic heterocycles. The van der Waals surface area contributed by atoms with Crippen LogP contribution in [0.25, 0.3) is 0 Å². The Labute approximate surface area is 102 Å². The second kappa shape index (κ2) is 4.88. The summed E-state index contributed by atoms with van der Waals surface area (Å²) in [5.74, 6) is 0.832. The van der Waals surface area contributed by atoms with E-state index in [9.17, 15) is 4.79 Å². The number of carbonyl (C=O) groups excluding carboxylic acids is 1. The smallest absolute Gasteiger partial charge is 0.150 e. The summed E-state index contributed by atoms with van der Waals surface area (Å²) in [7, 11) is 1.66. The van der Waals surface area contributed by atoms with Gasteiger partial charge in [0.05, 0.1) is 7.11 Å². The Bertz CT molecular complexity index is 409. The van der Waals surface area contributed by atoms with Crippen molar-refractivity contribution >= 4 is 6.29 Å². The zero-order chi connectivity index (χ0) is 12.3. The zero-order valence-corrected chi connectivity index (χ0v) is 10.5. The molecule has 1 aliphatic heterocycles. The van der Waals surface area contributed by atoms with Crippen LogP contribution in [0.3, 0.4) is 0 Å². The Morgan fingerprint density at radius 3 is 2.65 bits per heavy atom. The molecule has 0 aliphatic carbocycles. The number of ether oxygens (including phenoxy) is 1. The molecule has 92 valence electrons. The zero-order valence-electron chi connectivity index (χ0n) is 10.5. The summed E-state index contributed by atoms with van der Waals surface area (Å²) >= 11 is 0. The first-order valence-corrected chi connectivity index (χ1v) is 6.04. The fourth-order valence-corrected chi connectivity index (χ4v) is 2.69. The molecule has 2 rings (SSSR count). The topological polar surface area (TPSA) is 38.3 Å². The number of methoxy groups -OCH3 is 1. The van der Waals surface area contributed by atoms with E-state index in [2.05, 4.69) is 12.2 Å². The molecule has 1 fully saturated rings. The van der Waals surface area contributed by atoms with Gasteiger partial charge >= 0.3 is 0 Å². The van der Waals surface area contributed by atoms with Crippen LogP contribution in [0.1, 0.15) is 35.7 Å². The minimum Gasteiger partial charge on any atom is -0.496 e.